The van der Waals surface area contributed by atoms with Gasteiger partial charge < -0.3 is 15.5 Å². The van der Waals surface area contributed by atoms with Gasteiger partial charge in [0.25, 0.3) is 0 Å². The number of benzene rings is 2. The highest BCUT2D eigenvalue weighted by Gasteiger charge is 2.15. The molecule has 0 spiro atoms. The quantitative estimate of drug-likeness (QED) is 0.588. The van der Waals surface area contributed by atoms with Gasteiger partial charge in [-0.1, -0.05) is 99.6 Å². The summed E-state index contributed by atoms with van der Waals surface area (Å²) in [4.78, 5) is 0. The molecule has 0 saturated heterocycles. The highest BCUT2D eigenvalue weighted by atomic mass is 16.3. The molecule has 3 N–H and O–H groups in total. The maximum absolute atomic E-state index is 9.76. The normalized spacial score (nSPS) is 14.9. The number of rotatable bonds is 4. The molecule has 1 unspecified atom stereocenters. The van der Waals surface area contributed by atoms with E-state index in [0.29, 0.717) is 24.8 Å². The SMILES string of the molecule is CC.CC1=C(O)C(CNCCO)=CC(C)C1.c1ccccc1.c1ccccc1. The van der Waals surface area contributed by atoms with Gasteiger partial charge in [-0.2, -0.15) is 0 Å². The summed E-state index contributed by atoms with van der Waals surface area (Å²) in [7, 11) is 0. The molecule has 0 bridgehead atoms. The second kappa shape index (κ2) is 18.0. The molecule has 2 aromatic carbocycles. The lowest BCUT2D eigenvalue weighted by Gasteiger charge is -2.20. The zero-order valence-corrected chi connectivity index (χ0v) is 17.8. The van der Waals surface area contributed by atoms with Crippen LogP contribution >= 0.6 is 0 Å². The van der Waals surface area contributed by atoms with Crippen molar-refractivity contribution in [3.63, 3.8) is 0 Å². The lowest BCUT2D eigenvalue weighted by Crippen LogP contribution is -2.23. The molecule has 0 fully saturated rings. The van der Waals surface area contributed by atoms with Gasteiger partial charge in [-0.25, -0.2) is 0 Å². The van der Waals surface area contributed by atoms with Crippen LogP contribution in [0.1, 0.15) is 34.1 Å². The molecule has 0 amide bonds. The van der Waals surface area contributed by atoms with Crippen molar-refractivity contribution < 1.29 is 10.2 Å². The zero-order valence-electron chi connectivity index (χ0n) is 17.8. The third-order valence-corrected chi connectivity index (χ3v) is 3.76. The van der Waals surface area contributed by atoms with E-state index in [2.05, 4.69) is 18.3 Å². The number of aliphatic hydroxyl groups excluding tert-OH is 2. The van der Waals surface area contributed by atoms with E-state index >= 15 is 0 Å². The standard InChI is InChI=1S/C11H19NO2.2C6H6.C2H6/c1-8-5-9(2)11(14)10(6-8)7-12-3-4-13;2*1-2-4-6-5-3-1;1-2/h6,8,12-14H,3-5,7H2,1-2H3;2*1-6H;1-2H3. The minimum Gasteiger partial charge on any atom is -0.508 e. The molecule has 1 aliphatic rings. The van der Waals surface area contributed by atoms with Crippen molar-refractivity contribution >= 4 is 0 Å². The molecule has 28 heavy (non-hydrogen) atoms. The summed E-state index contributed by atoms with van der Waals surface area (Å²) in [6.07, 6.45) is 3.03. The van der Waals surface area contributed by atoms with Crippen molar-refractivity contribution in [3.8, 4) is 0 Å². The average Bonchev–Trinajstić information content (AvgIpc) is 2.76. The fourth-order valence-electron chi connectivity index (χ4n) is 2.55. The molecule has 3 nitrogen and oxygen atoms in total. The summed E-state index contributed by atoms with van der Waals surface area (Å²) in [6.45, 7) is 9.44. The number of nitrogens with one attached hydrogen (secondary N) is 1. The molecule has 0 radical (unpaired) electrons. The summed E-state index contributed by atoms with van der Waals surface area (Å²) in [5, 5.41) is 21.4. The van der Waals surface area contributed by atoms with Crippen molar-refractivity contribution in [1.29, 1.82) is 0 Å². The van der Waals surface area contributed by atoms with Crippen molar-refractivity contribution in [2.75, 3.05) is 19.7 Å². The van der Waals surface area contributed by atoms with Crippen LogP contribution in [0.4, 0.5) is 0 Å². The summed E-state index contributed by atoms with van der Waals surface area (Å²) >= 11 is 0. The van der Waals surface area contributed by atoms with Crippen molar-refractivity contribution in [2.24, 2.45) is 5.92 Å². The molecule has 0 heterocycles. The Balaban J connectivity index is 0.000000428. The Bertz CT molecular complexity index is 551. The maximum atomic E-state index is 9.76. The Morgan fingerprint density at radius 1 is 0.857 bits per heavy atom. The van der Waals surface area contributed by atoms with E-state index in [1.54, 1.807) is 0 Å². The first-order valence-corrected chi connectivity index (χ1v) is 10.1. The van der Waals surface area contributed by atoms with E-state index in [0.717, 1.165) is 17.6 Å². The van der Waals surface area contributed by atoms with Gasteiger partial charge in [0.15, 0.2) is 0 Å². The Morgan fingerprint density at radius 3 is 1.61 bits per heavy atom. The minimum absolute atomic E-state index is 0.131. The summed E-state index contributed by atoms with van der Waals surface area (Å²) in [5.74, 6) is 0.922. The zero-order chi connectivity index (χ0) is 21.0. The first-order valence-electron chi connectivity index (χ1n) is 10.1. The van der Waals surface area contributed by atoms with E-state index in [1.807, 2.05) is 93.6 Å². The van der Waals surface area contributed by atoms with E-state index in [4.69, 9.17) is 5.11 Å². The summed E-state index contributed by atoms with van der Waals surface area (Å²) in [6, 6.07) is 24.0. The third kappa shape index (κ3) is 12.9. The molecule has 3 rings (SSSR count). The first-order chi connectivity index (χ1) is 13.6. The molecule has 154 valence electrons. The summed E-state index contributed by atoms with van der Waals surface area (Å²) in [5.41, 5.74) is 2.01. The molecule has 3 heteroatoms. The van der Waals surface area contributed by atoms with Gasteiger partial charge in [0, 0.05) is 18.7 Å². The molecule has 1 aliphatic carbocycles. The average molecular weight is 384 g/mol. The molecule has 2 aromatic rings. The molecular weight excluding hydrogens is 346 g/mol. The van der Waals surface area contributed by atoms with Crippen LogP contribution in [0.15, 0.2) is 95.8 Å². The van der Waals surface area contributed by atoms with Crippen LogP contribution in [0.2, 0.25) is 0 Å². The molecule has 1 atom stereocenters. The van der Waals surface area contributed by atoms with Gasteiger partial charge in [-0.05, 0) is 24.8 Å². The molecular formula is C25H37NO2. The second-order valence-electron chi connectivity index (χ2n) is 6.21. The van der Waals surface area contributed by atoms with Gasteiger partial charge in [0.05, 0.1) is 6.61 Å². The lowest BCUT2D eigenvalue weighted by molar-refractivity contribution is 0.293. The lowest BCUT2D eigenvalue weighted by atomic mass is 9.91. The van der Waals surface area contributed by atoms with Crippen molar-refractivity contribution in [1.82, 2.24) is 5.32 Å². The van der Waals surface area contributed by atoms with Gasteiger partial charge in [0.1, 0.15) is 5.76 Å². The van der Waals surface area contributed by atoms with Gasteiger partial charge >= 0.3 is 0 Å². The Kier molecular flexibility index (Phi) is 16.5. The molecule has 0 aromatic heterocycles. The van der Waals surface area contributed by atoms with E-state index in [9.17, 15) is 5.11 Å². The van der Waals surface area contributed by atoms with E-state index in [-0.39, 0.29) is 6.61 Å². The predicted octanol–water partition coefficient (Wildman–Crippen LogP) is 5.77. The van der Waals surface area contributed by atoms with Crippen LogP contribution in [0, 0.1) is 5.92 Å². The topological polar surface area (TPSA) is 52.5 Å². The Hall–Kier alpha value is -2.36. The van der Waals surface area contributed by atoms with Crippen LogP contribution in [-0.2, 0) is 0 Å². The van der Waals surface area contributed by atoms with Gasteiger partial charge in [-0.3, -0.25) is 0 Å². The fraction of sp³-hybridized carbons (Fsp3) is 0.360. The van der Waals surface area contributed by atoms with Gasteiger partial charge in [-0.15, -0.1) is 0 Å². The largest absolute Gasteiger partial charge is 0.508 e. The Morgan fingerprint density at radius 2 is 1.25 bits per heavy atom. The van der Waals surface area contributed by atoms with Crippen LogP contribution in [-0.4, -0.2) is 29.9 Å². The van der Waals surface area contributed by atoms with Crippen molar-refractivity contribution in [2.45, 2.75) is 34.1 Å². The highest BCUT2D eigenvalue weighted by Crippen LogP contribution is 2.26. The Labute approximate surface area is 171 Å². The van der Waals surface area contributed by atoms with Crippen LogP contribution in [0.25, 0.3) is 0 Å². The fourth-order valence-corrected chi connectivity index (χ4v) is 2.55. The van der Waals surface area contributed by atoms with Crippen LogP contribution in [0.3, 0.4) is 0 Å². The second-order valence-corrected chi connectivity index (χ2v) is 6.21. The van der Waals surface area contributed by atoms with E-state index in [1.165, 1.54) is 0 Å². The van der Waals surface area contributed by atoms with Crippen LogP contribution < -0.4 is 5.32 Å². The first kappa shape index (κ1) is 25.6. The molecule has 0 aliphatic heterocycles. The van der Waals surface area contributed by atoms with Crippen molar-refractivity contribution in [3.05, 3.63) is 95.8 Å². The van der Waals surface area contributed by atoms with Crippen LogP contribution in [0.5, 0.6) is 0 Å². The monoisotopic (exact) mass is 383 g/mol. The number of allylic oxidation sites excluding steroid dienone is 2. The van der Waals surface area contributed by atoms with E-state index < -0.39 is 0 Å². The smallest absolute Gasteiger partial charge is 0.118 e. The van der Waals surface area contributed by atoms with Gasteiger partial charge in [0.2, 0.25) is 0 Å². The number of hydrogen-bond acceptors (Lipinski definition) is 3. The number of hydrogen-bond donors (Lipinski definition) is 3. The summed E-state index contributed by atoms with van der Waals surface area (Å²) < 4.78 is 0. The number of aliphatic hydroxyl groups is 2. The highest BCUT2D eigenvalue weighted by molar-refractivity contribution is 5.34. The third-order valence-electron chi connectivity index (χ3n) is 3.76. The maximum Gasteiger partial charge on any atom is 0.118 e. The minimum atomic E-state index is 0.131. The molecule has 0 saturated carbocycles. The predicted molar refractivity (Wildman–Crippen MR) is 121 cm³/mol.